The minimum absolute atomic E-state index is 0.00860. The highest BCUT2D eigenvalue weighted by atomic mass is 16.1. The summed E-state index contributed by atoms with van der Waals surface area (Å²) < 4.78 is 0. The third-order valence-electron chi connectivity index (χ3n) is 5.36. The van der Waals surface area contributed by atoms with E-state index in [-0.39, 0.29) is 5.91 Å². The van der Waals surface area contributed by atoms with E-state index >= 15 is 0 Å². The minimum atomic E-state index is 0.00860. The third kappa shape index (κ3) is 4.80. The Morgan fingerprint density at radius 1 is 0.966 bits per heavy atom. The van der Waals surface area contributed by atoms with Crippen LogP contribution in [0.3, 0.4) is 0 Å². The summed E-state index contributed by atoms with van der Waals surface area (Å²) >= 11 is 0. The first-order valence-electron chi connectivity index (χ1n) is 10.3. The molecule has 148 valence electrons. The van der Waals surface area contributed by atoms with Crippen LogP contribution in [0.25, 0.3) is 11.3 Å². The Hall–Kier alpha value is -3.21. The van der Waals surface area contributed by atoms with Crippen LogP contribution in [0.15, 0.2) is 60.8 Å². The van der Waals surface area contributed by atoms with Crippen molar-refractivity contribution in [2.75, 3.05) is 5.32 Å². The van der Waals surface area contributed by atoms with Gasteiger partial charge in [0.15, 0.2) is 0 Å². The summed E-state index contributed by atoms with van der Waals surface area (Å²) in [6.07, 6.45) is 7.67. The second-order valence-electron chi connectivity index (χ2n) is 7.60. The van der Waals surface area contributed by atoms with Gasteiger partial charge in [-0.3, -0.25) is 4.79 Å². The van der Waals surface area contributed by atoms with Crippen LogP contribution in [0.1, 0.15) is 48.0 Å². The van der Waals surface area contributed by atoms with Crippen molar-refractivity contribution in [2.24, 2.45) is 0 Å². The smallest absolute Gasteiger partial charge is 0.251 e. The van der Waals surface area contributed by atoms with E-state index < -0.39 is 0 Å². The van der Waals surface area contributed by atoms with Gasteiger partial charge in [0.2, 0.25) is 5.95 Å². The van der Waals surface area contributed by atoms with Crippen LogP contribution in [0.2, 0.25) is 0 Å². The molecule has 3 aromatic rings. The number of carbonyl (C=O) groups is 1. The molecule has 0 saturated heterocycles. The molecule has 0 atom stereocenters. The van der Waals surface area contributed by atoms with Gasteiger partial charge in [-0.2, -0.15) is 0 Å². The number of para-hydroxylation sites is 1. The SMILES string of the molecule is Cc1cnc(Nc2ccccc2)nc1-c1ccc(C(=O)NC2CCCCC2)cc1. The minimum Gasteiger partial charge on any atom is -0.349 e. The molecule has 2 N–H and O–H groups in total. The fourth-order valence-corrected chi connectivity index (χ4v) is 3.74. The zero-order valence-corrected chi connectivity index (χ0v) is 16.7. The molecule has 1 fully saturated rings. The van der Waals surface area contributed by atoms with Crippen LogP contribution in [-0.2, 0) is 0 Å². The predicted molar refractivity (Wildman–Crippen MR) is 116 cm³/mol. The van der Waals surface area contributed by atoms with E-state index in [1.54, 1.807) is 0 Å². The number of benzene rings is 2. The molecule has 5 nitrogen and oxygen atoms in total. The molecule has 5 heteroatoms. The lowest BCUT2D eigenvalue weighted by Gasteiger charge is -2.22. The molecular weight excluding hydrogens is 360 g/mol. The number of amides is 1. The van der Waals surface area contributed by atoms with Crippen molar-refractivity contribution in [3.8, 4) is 11.3 Å². The van der Waals surface area contributed by atoms with Crippen LogP contribution < -0.4 is 10.6 Å². The number of hydrogen-bond acceptors (Lipinski definition) is 4. The van der Waals surface area contributed by atoms with Crippen LogP contribution >= 0.6 is 0 Å². The van der Waals surface area contributed by atoms with Crippen LogP contribution in [0, 0.1) is 6.92 Å². The lowest BCUT2D eigenvalue weighted by atomic mass is 9.95. The number of nitrogens with zero attached hydrogens (tertiary/aromatic N) is 2. The first-order valence-corrected chi connectivity index (χ1v) is 10.3. The number of rotatable bonds is 5. The summed E-state index contributed by atoms with van der Waals surface area (Å²) in [4.78, 5) is 21.6. The van der Waals surface area contributed by atoms with Gasteiger partial charge in [0, 0.05) is 29.1 Å². The van der Waals surface area contributed by atoms with Crippen molar-refractivity contribution in [1.29, 1.82) is 0 Å². The van der Waals surface area contributed by atoms with Crippen molar-refractivity contribution in [1.82, 2.24) is 15.3 Å². The van der Waals surface area contributed by atoms with E-state index in [1.807, 2.05) is 67.7 Å². The molecular formula is C24H26N4O. The predicted octanol–water partition coefficient (Wildman–Crippen LogP) is 5.26. The molecule has 0 spiro atoms. The number of carbonyl (C=O) groups excluding carboxylic acids is 1. The highest BCUT2D eigenvalue weighted by Crippen LogP contribution is 2.24. The van der Waals surface area contributed by atoms with E-state index in [0.29, 0.717) is 17.6 Å². The molecule has 1 aliphatic carbocycles. The molecule has 1 heterocycles. The molecule has 1 aromatic heterocycles. The van der Waals surface area contributed by atoms with E-state index in [9.17, 15) is 4.79 Å². The second-order valence-corrected chi connectivity index (χ2v) is 7.60. The van der Waals surface area contributed by atoms with Gasteiger partial charge in [-0.25, -0.2) is 9.97 Å². The zero-order chi connectivity index (χ0) is 20.1. The van der Waals surface area contributed by atoms with Crippen molar-refractivity contribution in [2.45, 2.75) is 45.1 Å². The Kier molecular flexibility index (Phi) is 5.84. The normalized spacial score (nSPS) is 14.4. The summed E-state index contributed by atoms with van der Waals surface area (Å²) in [5, 5.41) is 6.40. The van der Waals surface area contributed by atoms with Crippen molar-refractivity contribution in [3.63, 3.8) is 0 Å². The molecule has 2 aromatic carbocycles. The average molecular weight is 386 g/mol. The highest BCUT2D eigenvalue weighted by Gasteiger charge is 2.17. The largest absolute Gasteiger partial charge is 0.349 e. The molecule has 1 amide bonds. The molecule has 0 unspecified atom stereocenters. The Balaban J connectivity index is 1.49. The van der Waals surface area contributed by atoms with Gasteiger partial charge in [-0.1, -0.05) is 49.6 Å². The fourth-order valence-electron chi connectivity index (χ4n) is 3.74. The molecule has 0 bridgehead atoms. The lowest BCUT2D eigenvalue weighted by molar-refractivity contribution is 0.0927. The Labute approximate surface area is 171 Å². The van der Waals surface area contributed by atoms with E-state index in [1.165, 1.54) is 19.3 Å². The molecule has 1 aliphatic rings. The van der Waals surface area contributed by atoms with Crippen molar-refractivity contribution >= 4 is 17.5 Å². The molecule has 1 saturated carbocycles. The fraction of sp³-hybridized carbons (Fsp3) is 0.292. The van der Waals surface area contributed by atoms with Gasteiger partial charge in [0.05, 0.1) is 5.69 Å². The summed E-state index contributed by atoms with van der Waals surface area (Å²) in [7, 11) is 0. The Morgan fingerprint density at radius 2 is 1.69 bits per heavy atom. The maximum atomic E-state index is 12.5. The number of aromatic nitrogens is 2. The first-order chi connectivity index (χ1) is 14.2. The van der Waals surface area contributed by atoms with E-state index in [2.05, 4.69) is 20.6 Å². The summed E-state index contributed by atoms with van der Waals surface area (Å²) in [6, 6.07) is 17.8. The zero-order valence-electron chi connectivity index (χ0n) is 16.7. The molecule has 4 rings (SSSR count). The Bertz CT molecular complexity index is 964. The standard InChI is InChI=1S/C24H26N4O/c1-17-16-25-24(27-21-10-6-3-7-11-21)28-22(17)18-12-14-19(15-13-18)23(29)26-20-8-4-2-5-9-20/h3,6-7,10-16,20H,2,4-5,8-9H2,1H3,(H,26,29)(H,25,27,28). The average Bonchev–Trinajstić information content (AvgIpc) is 2.77. The Morgan fingerprint density at radius 3 is 2.41 bits per heavy atom. The lowest BCUT2D eigenvalue weighted by Crippen LogP contribution is -2.36. The third-order valence-corrected chi connectivity index (χ3v) is 5.36. The number of anilines is 2. The van der Waals surface area contributed by atoms with Gasteiger partial charge >= 0.3 is 0 Å². The second kappa shape index (κ2) is 8.86. The van der Waals surface area contributed by atoms with Gasteiger partial charge < -0.3 is 10.6 Å². The summed E-state index contributed by atoms with van der Waals surface area (Å²) in [6.45, 7) is 1.99. The first kappa shape index (κ1) is 19.1. The number of hydrogen-bond donors (Lipinski definition) is 2. The maximum Gasteiger partial charge on any atom is 0.251 e. The monoisotopic (exact) mass is 386 g/mol. The van der Waals surface area contributed by atoms with Crippen LogP contribution in [0.5, 0.6) is 0 Å². The van der Waals surface area contributed by atoms with Gasteiger partial charge in [-0.05, 0) is 49.6 Å². The van der Waals surface area contributed by atoms with E-state index in [0.717, 1.165) is 35.3 Å². The van der Waals surface area contributed by atoms with Crippen LogP contribution in [0.4, 0.5) is 11.6 Å². The highest BCUT2D eigenvalue weighted by molar-refractivity contribution is 5.94. The summed E-state index contributed by atoms with van der Waals surface area (Å²) in [5.74, 6) is 0.560. The quantitative estimate of drug-likeness (QED) is 0.628. The molecule has 29 heavy (non-hydrogen) atoms. The number of aryl methyl sites for hydroxylation is 1. The van der Waals surface area contributed by atoms with Gasteiger partial charge in [0.25, 0.3) is 5.91 Å². The molecule has 0 radical (unpaired) electrons. The summed E-state index contributed by atoms with van der Waals surface area (Å²) in [5.41, 5.74) is 4.45. The maximum absolute atomic E-state index is 12.5. The van der Waals surface area contributed by atoms with Crippen LogP contribution in [-0.4, -0.2) is 21.9 Å². The van der Waals surface area contributed by atoms with Crippen molar-refractivity contribution in [3.05, 3.63) is 71.9 Å². The molecule has 0 aliphatic heterocycles. The number of nitrogens with one attached hydrogen (secondary N) is 2. The topological polar surface area (TPSA) is 66.9 Å². The van der Waals surface area contributed by atoms with Crippen molar-refractivity contribution < 1.29 is 4.79 Å². The van der Waals surface area contributed by atoms with E-state index in [4.69, 9.17) is 0 Å². The van der Waals surface area contributed by atoms with Gasteiger partial charge in [-0.15, -0.1) is 0 Å². The van der Waals surface area contributed by atoms with Gasteiger partial charge in [0.1, 0.15) is 0 Å².